The number of carbonyl (C=O) groups excluding carboxylic acids is 3. The molecule has 0 N–H and O–H groups in total. The van der Waals surface area contributed by atoms with Gasteiger partial charge in [0.25, 0.3) is 0 Å². The number of carbonyl (C=O) groups is 3. The molecule has 3 heteroatoms. The third-order valence-electron chi connectivity index (χ3n) is 6.35. The van der Waals surface area contributed by atoms with Gasteiger partial charge in [-0.15, -0.1) is 0 Å². The zero-order chi connectivity index (χ0) is 27.8. The molecule has 0 heterocycles. The van der Waals surface area contributed by atoms with Gasteiger partial charge in [0.2, 0.25) is 0 Å². The molecule has 0 amide bonds. The van der Waals surface area contributed by atoms with Crippen molar-refractivity contribution in [2.24, 2.45) is 16.2 Å². The van der Waals surface area contributed by atoms with Gasteiger partial charge in [0.05, 0.1) is 5.92 Å². The van der Waals surface area contributed by atoms with E-state index in [9.17, 15) is 14.4 Å². The molecule has 0 aliphatic carbocycles. The van der Waals surface area contributed by atoms with Crippen molar-refractivity contribution in [2.45, 2.75) is 62.3 Å². The van der Waals surface area contributed by atoms with Gasteiger partial charge in [-0.05, 0) is 16.7 Å². The molecule has 0 aromatic heterocycles. The molecular weight excluding hydrogens is 456 g/mol. The first kappa shape index (κ1) is 28.2. The molecule has 1 radical (unpaired) electrons. The van der Waals surface area contributed by atoms with Crippen molar-refractivity contribution in [1.82, 2.24) is 0 Å². The molecule has 0 spiro atoms. The molecule has 0 saturated carbocycles. The summed E-state index contributed by atoms with van der Waals surface area (Å²) >= 11 is 0. The minimum Gasteiger partial charge on any atom is -0.294 e. The highest BCUT2D eigenvalue weighted by Crippen LogP contribution is 2.34. The molecule has 0 unspecified atom stereocenters. The normalized spacial score (nSPS) is 12.5. The third-order valence-corrected chi connectivity index (χ3v) is 6.35. The maximum atomic E-state index is 12.8. The summed E-state index contributed by atoms with van der Waals surface area (Å²) in [6.07, 6.45) is 0. The Morgan fingerprint density at radius 1 is 0.351 bits per heavy atom. The Morgan fingerprint density at radius 3 is 0.676 bits per heavy atom. The van der Waals surface area contributed by atoms with Crippen LogP contribution in [0.1, 0.15) is 110 Å². The Morgan fingerprint density at radius 2 is 0.514 bits per heavy atom. The fourth-order valence-corrected chi connectivity index (χ4v) is 4.16. The summed E-state index contributed by atoms with van der Waals surface area (Å²) in [6, 6.07) is 23.1. The molecule has 0 aliphatic heterocycles. The summed E-state index contributed by atoms with van der Waals surface area (Å²) in [7, 11) is 0. The lowest BCUT2D eigenvalue weighted by Gasteiger charge is -2.22. The predicted molar refractivity (Wildman–Crippen MR) is 151 cm³/mol. The van der Waals surface area contributed by atoms with Gasteiger partial charge in [0.15, 0.2) is 17.3 Å². The van der Waals surface area contributed by atoms with Crippen LogP contribution in [0.5, 0.6) is 0 Å². The predicted octanol–water partition coefficient (Wildman–Crippen LogP) is 8.39. The Bertz CT molecular complexity index is 1110. The molecule has 3 aromatic rings. The second kappa shape index (κ2) is 10.2. The van der Waals surface area contributed by atoms with Crippen LogP contribution in [0.3, 0.4) is 0 Å². The maximum absolute atomic E-state index is 12.8. The van der Waals surface area contributed by atoms with Gasteiger partial charge in [-0.1, -0.05) is 135 Å². The van der Waals surface area contributed by atoms with Crippen LogP contribution in [0.4, 0.5) is 0 Å². The second-order valence-corrected chi connectivity index (χ2v) is 12.8. The van der Waals surface area contributed by atoms with E-state index in [-0.39, 0.29) is 17.3 Å². The summed E-state index contributed by atoms with van der Waals surface area (Å²) in [6.45, 7) is 17.3. The molecule has 193 valence electrons. The topological polar surface area (TPSA) is 51.2 Å². The zero-order valence-corrected chi connectivity index (χ0v) is 23.7. The van der Waals surface area contributed by atoms with Crippen LogP contribution in [-0.2, 0) is 0 Å². The molecule has 0 bridgehead atoms. The molecule has 0 fully saturated rings. The standard InChI is InChI=1S/C34H39O3/c1-32(2,3)29(35)25-16-10-22(11-17-25)28(23-12-18-26(19-13-23)30(36)33(4,5)6)24-14-20-27(21-15-24)31(37)34(7,8)9/h10-21H,1-9H3. The van der Waals surface area contributed by atoms with Crippen LogP contribution in [0.25, 0.3) is 0 Å². The molecule has 0 aliphatic rings. The monoisotopic (exact) mass is 495 g/mol. The van der Waals surface area contributed by atoms with E-state index < -0.39 is 16.2 Å². The first-order valence-corrected chi connectivity index (χ1v) is 12.8. The van der Waals surface area contributed by atoms with E-state index in [4.69, 9.17) is 0 Å². The summed E-state index contributed by atoms with van der Waals surface area (Å²) in [5.41, 5.74) is 3.51. The highest BCUT2D eigenvalue weighted by Gasteiger charge is 2.27. The van der Waals surface area contributed by atoms with Gasteiger partial charge in [0, 0.05) is 32.9 Å². The zero-order valence-electron chi connectivity index (χ0n) is 23.7. The van der Waals surface area contributed by atoms with Crippen molar-refractivity contribution >= 4 is 17.3 Å². The van der Waals surface area contributed by atoms with E-state index in [1.807, 2.05) is 135 Å². The van der Waals surface area contributed by atoms with E-state index in [1.54, 1.807) is 0 Å². The average Bonchev–Trinajstić information content (AvgIpc) is 2.82. The highest BCUT2D eigenvalue weighted by molar-refractivity contribution is 6.01. The van der Waals surface area contributed by atoms with Crippen LogP contribution in [-0.4, -0.2) is 17.3 Å². The SMILES string of the molecule is CC(C)(C)C(=O)c1ccc([C](c2ccc(C(=O)C(C)(C)C)cc2)c2ccc(C(=O)C(C)(C)C)cc2)cc1. The number of hydrogen-bond acceptors (Lipinski definition) is 3. The summed E-state index contributed by atoms with van der Waals surface area (Å²) in [5.74, 6) is 1.25. The minimum absolute atomic E-state index is 0.0932. The molecule has 3 aromatic carbocycles. The minimum atomic E-state index is -0.459. The first-order valence-electron chi connectivity index (χ1n) is 12.8. The quantitative estimate of drug-likeness (QED) is 0.255. The molecule has 0 atom stereocenters. The van der Waals surface area contributed by atoms with Gasteiger partial charge >= 0.3 is 0 Å². The van der Waals surface area contributed by atoms with E-state index in [0.717, 1.165) is 22.6 Å². The molecule has 0 saturated heterocycles. The lowest BCUT2D eigenvalue weighted by Crippen LogP contribution is -2.20. The fourth-order valence-electron chi connectivity index (χ4n) is 4.16. The van der Waals surface area contributed by atoms with E-state index in [0.29, 0.717) is 16.7 Å². The Kier molecular flexibility index (Phi) is 7.79. The molecular formula is C34H39O3. The molecule has 3 nitrogen and oxygen atoms in total. The van der Waals surface area contributed by atoms with Gasteiger partial charge in [-0.25, -0.2) is 0 Å². The summed E-state index contributed by atoms with van der Waals surface area (Å²) < 4.78 is 0. The Balaban J connectivity index is 2.07. The number of rotatable bonds is 6. The number of ketones is 3. The van der Waals surface area contributed by atoms with E-state index in [1.165, 1.54) is 0 Å². The second-order valence-electron chi connectivity index (χ2n) is 12.8. The Labute approximate surface area is 222 Å². The smallest absolute Gasteiger partial charge is 0.168 e. The van der Waals surface area contributed by atoms with Gasteiger partial charge in [0.1, 0.15) is 0 Å². The van der Waals surface area contributed by atoms with Crippen molar-refractivity contribution in [3.63, 3.8) is 0 Å². The lowest BCUT2D eigenvalue weighted by atomic mass is 9.81. The number of hydrogen-bond donors (Lipinski definition) is 0. The van der Waals surface area contributed by atoms with Gasteiger partial charge < -0.3 is 0 Å². The molecule has 37 heavy (non-hydrogen) atoms. The molecule has 3 rings (SSSR count). The van der Waals surface area contributed by atoms with Crippen molar-refractivity contribution in [2.75, 3.05) is 0 Å². The van der Waals surface area contributed by atoms with Gasteiger partial charge in [-0.3, -0.25) is 14.4 Å². The lowest BCUT2D eigenvalue weighted by molar-refractivity contribution is 0.0852. The Hall–Kier alpha value is -3.33. The third kappa shape index (κ3) is 6.52. The number of benzene rings is 3. The largest absolute Gasteiger partial charge is 0.294 e. The summed E-state index contributed by atoms with van der Waals surface area (Å²) in [4.78, 5) is 38.3. The fraction of sp³-hybridized carbons (Fsp3) is 0.353. The van der Waals surface area contributed by atoms with E-state index in [2.05, 4.69) is 0 Å². The van der Waals surface area contributed by atoms with E-state index >= 15 is 0 Å². The maximum Gasteiger partial charge on any atom is 0.168 e. The van der Waals surface area contributed by atoms with Crippen LogP contribution in [0, 0.1) is 22.2 Å². The van der Waals surface area contributed by atoms with Crippen molar-refractivity contribution < 1.29 is 14.4 Å². The first-order chi connectivity index (χ1) is 17.0. The van der Waals surface area contributed by atoms with Crippen LogP contribution < -0.4 is 0 Å². The van der Waals surface area contributed by atoms with Gasteiger partial charge in [-0.2, -0.15) is 0 Å². The van der Waals surface area contributed by atoms with Crippen LogP contribution in [0.2, 0.25) is 0 Å². The summed E-state index contributed by atoms with van der Waals surface area (Å²) in [5, 5.41) is 0. The van der Waals surface area contributed by atoms with Crippen LogP contribution >= 0.6 is 0 Å². The van der Waals surface area contributed by atoms with Crippen molar-refractivity contribution in [1.29, 1.82) is 0 Å². The average molecular weight is 496 g/mol. The number of Topliss-reactive ketones (excluding diaryl/α,β-unsaturated/α-hetero) is 3. The van der Waals surface area contributed by atoms with Crippen LogP contribution in [0.15, 0.2) is 72.8 Å². The van der Waals surface area contributed by atoms with Crippen molar-refractivity contribution in [3.8, 4) is 0 Å². The highest BCUT2D eigenvalue weighted by atomic mass is 16.1. The van der Waals surface area contributed by atoms with Crippen molar-refractivity contribution in [3.05, 3.63) is 112 Å².